The Morgan fingerprint density at radius 2 is 2.08 bits per heavy atom. The van der Waals surface area contributed by atoms with E-state index in [2.05, 4.69) is 4.84 Å². The number of phenols is 1. The Morgan fingerprint density at radius 1 is 1.42 bits per heavy atom. The first kappa shape index (κ1) is 8.82. The Morgan fingerprint density at radius 3 is 2.58 bits per heavy atom. The van der Waals surface area contributed by atoms with Crippen molar-refractivity contribution in [1.29, 1.82) is 0 Å². The minimum Gasteiger partial charge on any atom is -0.508 e. The molecule has 0 bridgehead atoms. The zero-order valence-electron chi connectivity index (χ0n) is 5.93. The summed E-state index contributed by atoms with van der Waals surface area (Å²) in [6.07, 6.45) is 0. The number of phenolic OH excluding ortho intramolecular Hbond substituents is 1. The van der Waals surface area contributed by atoms with Gasteiger partial charge in [-0.05, 0) is 12.1 Å². The lowest BCUT2D eigenvalue weighted by molar-refractivity contribution is 0.324. The first-order valence-corrected chi connectivity index (χ1v) is 4.17. The first-order valence-electron chi connectivity index (χ1n) is 2.99. The molecule has 3 N–H and O–H groups in total. The van der Waals surface area contributed by atoms with E-state index >= 15 is 0 Å². The molecule has 6 heteroatoms. The Kier molecular flexibility index (Phi) is 2.51. The molecule has 0 heterocycles. The molecule has 0 aliphatic heterocycles. The molecule has 1 aromatic rings. The third-order valence-corrected chi connectivity index (χ3v) is 2.01. The monoisotopic (exact) mass is 189 g/mol. The molecular weight excluding hydrogens is 182 g/mol. The van der Waals surface area contributed by atoms with E-state index in [4.69, 9.17) is 11.0 Å². The summed E-state index contributed by atoms with van der Waals surface area (Å²) in [6.45, 7) is 0. The van der Waals surface area contributed by atoms with Crippen LogP contribution in [0.15, 0.2) is 23.1 Å². The maximum absolute atomic E-state index is 10.5. The van der Waals surface area contributed by atoms with Gasteiger partial charge in [-0.15, -0.1) is 0 Å². The van der Waals surface area contributed by atoms with Crippen molar-refractivity contribution in [3.63, 3.8) is 0 Å². The van der Waals surface area contributed by atoms with Gasteiger partial charge in [0.25, 0.3) is 0 Å². The van der Waals surface area contributed by atoms with E-state index in [9.17, 15) is 8.42 Å². The Hall–Kier alpha value is -1.27. The highest BCUT2D eigenvalue weighted by molar-refractivity contribution is 7.72. The van der Waals surface area contributed by atoms with Crippen LogP contribution in [0.2, 0.25) is 0 Å². The Balaban J connectivity index is 3.31. The summed E-state index contributed by atoms with van der Waals surface area (Å²) in [7, 11) is -2.80. The van der Waals surface area contributed by atoms with Crippen LogP contribution in [0.3, 0.4) is 0 Å². The van der Waals surface area contributed by atoms with Crippen LogP contribution in [-0.2, 0) is 10.7 Å². The minimum atomic E-state index is -2.80. The van der Waals surface area contributed by atoms with Crippen LogP contribution in [-0.4, -0.2) is 13.5 Å². The van der Waals surface area contributed by atoms with Crippen molar-refractivity contribution >= 4 is 10.7 Å². The number of aromatic hydroxyl groups is 1. The summed E-state index contributed by atoms with van der Waals surface area (Å²) in [5.41, 5.74) is 0. The van der Waals surface area contributed by atoms with Crippen molar-refractivity contribution in [3.8, 4) is 11.5 Å². The predicted molar refractivity (Wildman–Crippen MR) is 41.5 cm³/mol. The molecular formula is C6H7NO4S. The van der Waals surface area contributed by atoms with Crippen LogP contribution >= 0.6 is 0 Å². The molecule has 66 valence electrons. The molecule has 0 aromatic heterocycles. The number of benzene rings is 1. The number of nitrogens with two attached hydrogens (primary N) is 1. The fourth-order valence-corrected chi connectivity index (χ4v) is 1.29. The van der Waals surface area contributed by atoms with Crippen molar-refractivity contribution in [2.45, 2.75) is 4.90 Å². The number of thiol groups is 1. The van der Waals surface area contributed by atoms with E-state index in [1.165, 1.54) is 12.1 Å². The van der Waals surface area contributed by atoms with Crippen molar-refractivity contribution < 1.29 is 18.4 Å². The van der Waals surface area contributed by atoms with Gasteiger partial charge in [-0.25, -0.2) is 8.42 Å². The third-order valence-electron chi connectivity index (χ3n) is 1.27. The molecule has 0 aliphatic rings. The number of rotatable bonds is 2. The second kappa shape index (κ2) is 3.42. The van der Waals surface area contributed by atoms with Gasteiger partial charge in [-0.3, -0.25) is 0 Å². The van der Waals surface area contributed by atoms with Crippen LogP contribution < -0.4 is 10.7 Å². The quantitative estimate of drug-likeness (QED) is 0.435. The van der Waals surface area contributed by atoms with E-state index in [1.54, 1.807) is 0 Å². The standard InChI is InChI=1S/C6H7NO4S/c7-11-5-2-1-4(8)3-6(5)12(9)10/h1-3,8,12H,7H2. The minimum absolute atomic E-state index is 0.0175. The van der Waals surface area contributed by atoms with Gasteiger partial charge in [0.15, 0.2) is 16.5 Å². The van der Waals surface area contributed by atoms with Gasteiger partial charge in [0.1, 0.15) is 10.6 Å². The fourth-order valence-electron chi connectivity index (χ4n) is 0.748. The molecule has 0 unspecified atom stereocenters. The normalized spacial score (nSPS) is 10.2. The van der Waals surface area contributed by atoms with Crippen LogP contribution in [0.1, 0.15) is 0 Å². The summed E-state index contributed by atoms with van der Waals surface area (Å²) in [5.74, 6) is 4.66. The SMILES string of the molecule is NOc1ccc(O)cc1[SH](=O)=O. The number of hydrogen-bond acceptors (Lipinski definition) is 5. The van der Waals surface area contributed by atoms with Crippen molar-refractivity contribution in [2.75, 3.05) is 0 Å². The van der Waals surface area contributed by atoms with E-state index < -0.39 is 10.7 Å². The summed E-state index contributed by atoms with van der Waals surface area (Å²) >= 11 is 0. The molecule has 1 rings (SSSR count). The van der Waals surface area contributed by atoms with Gasteiger partial charge in [0, 0.05) is 6.07 Å². The van der Waals surface area contributed by atoms with E-state index in [1.807, 2.05) is 0 Å². The van der Waals surface area contributed by atoms with E-state index in [0.717, 1.165) is 6.07 Å². The van der Waals surface area contributed by atoms with Gasteiger partial charge in [0.2, 0.25) is 0 Å². The largest absolute Gasteiger partial charge is 0.508 e. The molecule has 0 aliphatic carbocycles. The first-order chi connectivity index (χ1) is 5.65. The topological polar surface area (TPSA) is 89.6 Å². The van der Waals surface area contributed by atoms with Crippen molar-refractivity contribution in [2.24, 2.45) is 5.90 Å². The summed E-state index contributed by atoms with van der Waals surface area (Å²) in [4.78, 5) is 4.13. The van der Waals surface area contributed by atoms with Crippen LogP contribution in [0, 0.1) is 0 Å². The summed E-state index contributed by atoms with van der Waals surface area (Å²) in [5, 5.41) is 8.92. The van der Waals surface area contributed by atoms with Crippen molar-refractivity contribution in [3.05, 3.63) is 18.2 Å². The molecule has 0 fully saturated rings. The lowest BCUT2D eigenvalue weighted by Gasteiger charge is -2.01. The molecule has 12 heavy (non-hydrogen) atoms. The molecule has 0 spiro atoms. The Bertz CT molecular complexity index is 353. The van der Waals surface area contributed by atoms with Crippen LogP contribution in [0.4, 0.5) is 0 Å². The second-order valence-corrected chi connectivity index (χ2v) is 3.02. The third kappa shape index (κ3) is 1.66. The average Bonchev–Trinajstić information content (AvgIpc) is 2.04. The number of hydrogen-bond donors (Lipinski definition) is 3. The van der Waals surface area contributed by atoms with Gasteiger partial charge in [-0.1, -0.05) is 0 Å². The summed E-state index contributed by atoms with van der Waals surface area (Å²) < 4.78 is 21.0. The maximum Gasteiger partial charge on any atom is 0.172 e. The zero-order chi connectivity index (χ0) is 9.14. The molecule has 5 nitrogen and oxygen atoms in total. The van der Waals surface area contributed by atoms with E-state index in [-0.39, 0.29) is 16.4 Å². The highest BCUT2D eigenvalue weighted by Gasteiger charge is 2.05. The maximum atomic E-state index is 10.5. The van der Waals surface area contributed by atoms with Crippen LogP contribution in [0.25, 0.3) is 0 Å². The molecule has 0 atom stereocenters. The van der Waals surface area contributed by atoms with Gasteiger partial charge >= 0.3 is 0 Å². The molecule has 0 saturated carbocycles. The Labute approximate surface area is 70.3 Å². The smallest absolute Gasteiger partial charge is 0.172 e. The van der Waals surface area contributed by atoms with Gasteiger partial charge in [-0.2, -0.15) is 5.90 Å². The lowest BCUT2D eigenvalue weighted by Crippen LogP contribution is -2.03. The van der Waals surface area contributed by atoms with Gasteiger partial charge < -0.3 is 9.94 Å². The molecule has 0 amide bonds. The van der Waals surface area contributed by atoms with Crippen LogP contribution in [0.5, 0.6) is 11.5 Å². The average molecular weight is 189 g/mol. The highest BCUT2D eigenvalue weighted by atomic mass is 32.2. The predicted octanol–water partition coefficient (Wildman–Crippen LogP) is -0.385. The van der Waals surface area contributed by atoms with E-state index in [0.29, 0.717) is 0 Å². The van der Waals surface area contributed by atoms with Gasteiger partial charge in [0.05, 0.1) is 0 Å². The molecule has 1 aromatic carbocycles. The highest BCUT2D eigenvalue weighted by Crippen LogP contribution is 2.23. The lowest BCUT2D eigenvalue weighted by atomic mass is 10.3. The zero-order valence-corrected chi connectivity index (χ0v) is 6.82. The summed E-state index contributed by atoms with van der Waals surface area (Å²) in [6, 6.07) is 3.62. The molecule has 0 saturated heterocycles. The van der Waals surface area contributed by atoms with Crippen molar-refractivity contribution in [1.82, 2.24) is 0 Å². The molecule has 0 radical (unpaired) electrons. The second-order valence-electron chi connectivity index (χ2n) is 2.03. The fraction of sp³-hybridized carbons (Fsp3) is 0.